The summed E-state index contributed by atoms with van der Waals surface area (Å²) in [7, 11) is 0. The van der Waals surface area contributed by atoms with Crippen molar-refractivity contribution in [1.29, 1.82) is 0 Å². The number of aromatic nitrogens is 2. The van der Waals surface area contributed by atoms with Gasteiger partial charge in [0.2, 0.25) is 11.8 Å². The molecule has 0 saturated heterocycles. The van der Waals surface area contributed by atoms with Crippen LogP contribution in [0.15, 0.2) is 54.6 Å². The first-order chi connectivity index (χ1) is 19.7. The number of nitrogens with zero attached hydrogens (tertiary/aromatic N) is 3. The van der Waals surface area contributed by atoms with Gasteiger partial charge in [-0.3, -0.25) is 29.3 Å². The Hall–Kier alpha value is -5.20. The molecular weight excluding hydrogens is 530 g/mol. The van der Waals surface area contributed by atoms with E-state index in [-0.39, 0.29) is 46.2 Å². The van der Waals surface area contributed by atoms with Crippen LogP contribution in [0.5, 0.6) is 0 Å². The van der Waals surface area contributed by atoms with Crippen LogP contribution < -0.4 is 21.3 Å². The number of nitro benzene ring substituents is 1. The Kier molecular flexibility index (Phi) is 11.0. The van der Waals surface area contributed by atoms with Crippen LogP contribution >= 0.6 is 0 Å². The van der Waals surface area contributed by atoms with Crippen LogP contribution in [0.2, 0.25) is 0 Å². The molecule has 4 amide bonds. The smallest absolute Gasteiger partial charge is 0.271 e. The number of unbranched alkanes of at least 4 members (excludes halogenated alkanes) is 2. The van der Waals surface area contributed by atoms with Gasteiger partial charge in [0.25, 0.3) is 17.5 Å². The van der Waals surface area contributed by atoms with Gasteiger partial charge in [-0.05, 0) is 43.2 Å². The summed E-state index contributed by atoms with van der Waals surface area (Å²) in [6, 6.07) is 12.5. The van der Waals surface area contributed by atoms with E-state index in [1.165, 1.54) is 18.2 Å². The lowest BCUT2D eigenvalue weighted by atomic mass is 10.1. The number of hydrogen-bond donors (Lipinski definition) is 4. The highest BCUT2D eigenvalue weighted by atomic mass is 16.6. The van der Waals surface area contributed by atoms with Crippen LogP contribution in [-0.4, -0.2) is 38.5 Å². The van der Waals surface area contributed by atoms with Crippen molar-refractivity contribution in [2.24, 2.45) is 0 Å². The van der Waals surface area contributed by atoms with Crippen LogP contribution in [0.1, 0.15) is 73.1 Å². The largest absolute Gasteiger partial charge is 0.311 e. The maximum Gasteiger partial charge on any atom is 0.271 e. The van der Waals surface area contributed by atoms with Crippen LogP contribution in [0, 0.1) is 10.1 Å². The zero-order valence-electron chi connectivity index (χ0n) is 22.7. The van der Waals surface area contributed by atoms with E-state index in [2.05, 4.69) is 31.2 Å². The van der Waals surface area contributed by atoms with Gasteiger partial charge in [-0.1, -0.05) is 38.8 Å². The van der Waals surface area contributed by atoms with Crippen LogP contribution in [-0.2, 0) is 9.59 Å². The van der Waals surface area contributed by atoms with Crippen molar-refractivity contribution >= 4 is 52.6 Å². The third-order valence-electron chi connectivity index (χ3n) is 5.68. The third-order valence-corrected chi connectivity index (χ3v) is 5.68. The van der Waals surface area contributed by atoms with Crippen molar-refractivity contribution in [1.82, 2.24) is 9.97 Å². The molecule has 41 heavy (non-hydrogen) atoms. The van der Waals surface area contributed by atoms with Gasteiger partial charge in [-0.2, -0.15) is 0 Å². The van der Waals surface area contributed by atoms with E-state index in [9.17, 15) is 29.3 Å². The Bertz CT molecular complexity index is 1350. The second-order valence-corrected chi connectivity index (χ2v) is 9.05. The maximum atomic E-state index is 13.0. The van der Waals surface area contributed by atoms with E-state index in [0.29, 0.717) is 12.8 Å². The number of benzene rings is 1. The predicted molar refractivity (Wildman–Crippen MR) is 154 cm³/mol. The number of anilines is 4. The number of hydrogen-bond acceptors (Lipinski definition) is 8. The van der Waals surface area contributed by atoms with Crippen LogP contribution in [0.4, 0.5) is 29.0 Å². The lowest BCUT2D eigenvalue weighted by Gasteiger charge is -2.10. The van der Waals surface area contributed by atoms with Crippen molar-refractivity contribution in [2.45, 2.75) is 52.4 Å². The predicted octanol–water partition coefficient (Wildman–Crippen LogP) is 5.15. The monoisotopic (exact) mass is 561 g/mol. The molecule has 13 nitrogen and oxygen atoms in total. The Balaban J connectivity index is 1.76. The highest BCUT2D eigenvalue weighted by molar-refractivity contribution is 6.09. The molecule has 0 bridgehead atoms. The maximum absolute atomic E-state index is 13.0. The van der Waals surface area contributed by atoms with Crippen LogP contribution in [0.3, 0.4) is 0 Å². The molecule has 0 aliphatic carbocycles. The summed E-state index contributed by atoms with van der Waals surface area (Å²) >= 11 is 0. The summed E-state index contributed by atoms with van der Waals surface area (Å²) in [6.45, 7) is 3.94. The SMILES string of the molecule is CCCCC(=O)Nc1cccc(NC(=O)c2cc(C(=O)Nc3cccc(NC(=O)CCCC)n3)cc([N+](=O)[O-])c2)n1. The third kappa shape index (κ3) is 9.49. The molecule has 4 N–H and O–H groups in total. The minimum Gasteiger partial charge on any atom is -0.311 e. The topological polar surface area (TPSA) is 185 Å². The molecule has 3 aromatic rings. The molecule has 1 aromatic carbocycles. The molecule has 0 aliphatic rings. The number of rotatable bonds is 13. The van der Waals surface area contributed by atoms with Gasteiger partial charge < -0.3 is 21.3 Å². The van der Waals surface area contributed by atoms with E-state index < -0.39 is 22.4 Å². The summed E-state index contributed by atoms with van der Waals surface area (Å²) < 4.78 is 0. The molecule has 214 valence electrons. The van der Waals surface area contributed by atoms with E-state index >= 15 is 0 Å². The van der Waals surface area contributed by atoms with Gasteiger partial charge in [-0.25, -0.2) is 9.97 Å². The average Bonchev–Trinajstić information content (AvgIpc) is 2.95. The molecule has 2 aromatic heterocycles. The summed E-state index contributed by atoms with van der Waals surface area (Å²) in [5.74, 6) is -1.25. The van der Waals surface area contributed by atoms with Crippen molar-refractivity contribution in [2.75, 3.05) is 21.3 Å². The zero-order valence-corrected chi connectivity index (χ0v) is 22.7. The first-order valence-electron chi connectivity index (χ1n) is 13.1. The number of carbonyl (C=O) groups excluding carboxylic acids is 4. The quantitative estimate of drug-likeness (QED) is 0.163. The molecule has 0 saturated carbocycles. The van der Waals surface area contributed by atoms with E-state index in [4.69, 9.17) is 0 Å². The number of nitro groups is 1. The van der Waals surface area contributed by atoms with E-state index in [0.717, 1.165) is 37.8 Å². The summed E-state index contributed by atoms with van der Waals surface area (Å²) in [6.07, 6.45) is 3.84. The molecule has 0 unspecified atom stereocenters. The van der Waals surface area contributed by atoms with Gasteiger partial charge in [0.15, 0.2) is 0 Å². The molecule has 3 rings (SSSR count). The number of carbonyl (C=O) groups is 4. The van der Waals surface area contributed by atoms with Crippen LogP contribution in [0.25, 0.3) is 0 Å². The van der Waals surface area contributed by atoms with Gasteiger partial charge in [0, 0.05) is 36.1 Å². The normalized spacial score (nSPS) is 10.4. The second-order valence-electron chi connectivity index (χ2n) is 9.05. The standard InChI is InChI=1S/C28H31N7O6/c1-3-5-13-25(36)31-21-9-7-11-23(29-21)33-27(38)18-15-19(17-20(16-18)35(40)41)28(39)34-24-12-8-10-22(30-24)32-26(37)14-6-4-2/h7-12,15-17H,3-6,13-14H2,1-2H3,(H2,29,31,33,36,38)(H2,30,32,34,37,39). The fourth-order valence-electron chi connectivity index (χ4n) is 3.59. The molecule has 0 aliphatic heterocycles. The van der Waals surface area contributed by atoms with Gasteiger partial charge >= 0.3 is 0 Å². The first-order valence-corrected chi connectivity index (χ1v) is 13.1. The van der Waals surface area contributed by atoms with Crippen molar-refractivity contribution in [3.63, 3.8) is 0 Å². The minimum absolute atomic E-state index is 0.0998. The number of amides is 4. The zero-order chi connectivity index (χ0) is 29.8. The molecule has 0 radical (unpaired) electrons. The Morgan fingerprint density at radius 2 is 1.07 bits per heavy atom. The Morgan fingerprint density at radius 1 is 0.683 bits per heavy atom. The fraction of sp³-hybridized carbons (Fsp3) is 0.286. The van der Waals surface area contributed by atoms with E-state index in [1.807, 2.05) is 13.8 Å². The molecule has 0 fully saturated rings. The van der Waals surface area contributed by atoms with Gasteiger partial charge in [0.05, 0.1) is 4.92 Å². The lowest BCUT2D eigenvalue weighted by molar-refractivity contribution is -0.384. The number of non-ortho nitro benzene ring substituents is 1. The number of nitrogens with one attached hydrogen (secondary N) is 4. The Morgan fingerprint density at radius 3 is 1.44 bits per heavy atom. The minimum atomic E-state index is -0.750. The second kappa shape index (κ2) is 14.8. The molecule has 0 atom stereocenters. The average molecular weight is 562 g/mol. The van der Waals surface area contributed by atoms with Crippen molar-refractivity contribution in [3.05, 3.63) is 75.8 Å². The fourth-order valence-corrected chi connectivity index (χ4v) is 3.59. The highest BCUT2D eigenvalue weighted by Crippen LogP contribution is 2.21. The first kappa shape index (κ1) is 30.3. The summed E-state index contributed by atoms with van der Waals surface area (Å²) in [5, 5.41) is 21.9. The molecule has 2 heterocycles. The van der Waals surface area contributed by atoms with E-state index in [1.54, 1.807) is 24.3 Å². The van der Waals surface area contributed by atoms with Crippen molar-refractivity contribution < 1.29 is 24.1 Å². The highest BCUT2D eigenvalue weighted by Gasteiger charge is 2.19. The summed E-state index contributed by atoms with van der Waals surface area (Å²) in [4.78, 5) is 69.2. The van der Waals surface area contributed by atoms with Gasteiger partial charge in [0.1, 0.15) is 23.3 Å². The van der Waals surface area contributed by atoms with Crippen molar-refractivity contribution in [3.8, 4) is 0 Å². The lowest BCUT2D eigenvalue weighted by Crippen LogP contribution is -2.18. The Labute approximate surface area is 236 Å². The molecule has 0 spiro atoms. The van der Waals surface area contributed by atoms with Gasteiger partial charge in [-0.15, -0.1) is 0 Å². The molecular formula is C28H31N7O6. The molecule has 13 heteroatoms. The summed E-state index contributed by atoms with van der Waals surface area (Å²) in [5.41, 5.74) is -0.792. The number of pyridine rings is 2.